The molecule has 1 atom stereocenters. The van der Waals surface area contributed by atoms with Crippen LogP contribution in [-0.2, 0) is 0 Å². The van der Waals surface area contributed by atoms with Crippen LogP contribution < -0.4 is 5.73 Å². The molecular formula is C9H12Cl3NO. The van der Waals surface area contributed by atoms with Gasteiger partial charge in [0, 0.05) is 22.7 Å². The van der Waals surface area contributed by atoms with Gasteiger partial charge in [-0.2, -0.15) is 0 Å². The summed E-state index contributed by atoms with van der Waals surface area (Å²) in [6.07, 6.45) is 0.511. The molecule has 1 aromatic carbocycles. The molecule has 2 nitrogen and oxygen atoms in total. The molecule has 1 aromatic rings. The average Bonchev–Trinajstić information content (AvgIpc) is 2.03. The molecule has 0 unspecified atom stereocenters. The molecule has 3 N–H and O–H groups in total. The molecule has 0 aromatic heterocycles. The van der Waals surface area contributed by atoms with Gasteiger partial charge < -0.3 is 10.8 Å². The van der Waals surface area contributed by atoms with E-state index >= 15 is 0 Å². The van der Waals surface area contributed by atoms with Crippen LogP contribution in [0.3, 0.4) is 0 Å². The zero-order valence-electron chi connectivity index (χ0n) is 7.41. The van der Waals surface area contributed by atoms with Gasteiger partial charge in [0.2, 0.25) is 0 Å². The van der Waals surface area contributed by atoms with Crippen molar-refractivity contribution in [2.75, 3.05) is 6.61 Å². The molecular weight excluding hydrogens is 244 g/mol. The third-order valence-electron chi connectivity index (χ3n) is 1.75. The fraction of sp³-hybridized carbons (Fsp3) is 0.333. The van der Waals surface area contributed by atoms with E-state index in [-0.39, 0.29) is 25.1 Å². The molecule has 0 amide bonds. The standard InChI is InChI=1S/C9H11Cl2NO.ClH/c10-7-3-6(4-8(11)5-7)9(12)1-2-13;/h3-5,9,13H,1-2,12H2;1H/t9-;/m0./s1. The summed E-state index contributed by atoms with van der Waals surface area (Å²) in [6, 6.07) is 4.96. The molecule has 0 radical (unpaired) electrons. The zero-order valence-corrected chi connectivity index (χ0v) is 9.74. The molecule has 0 aliphatic carbocycles. The second-order valence-electron chi connectivity index (χ2n) is 2.82. The topological polar surface area (TPSA) is 46.2 Å². The molecule has 0 aliphatic heterocycles. The lowest BCUT2D eigenvalue weighted by molar-refractivity contribution is 0.276. The van der Waals surface area contributed by atoms with Crippen LogP contribution in [0.2, 0.25) is 10.0 Å². The van der Waals surface area contributed by atoms with Crippen LogP contribution >= 0.6 is 35.6 Å². The minimum absolute atomic E-state index is 0. The van der Waals surface area contributed by atoms with E-state index in [1.165, 1.54) is 0 Å². The minimum Gasteiger partial charge on any atom is -0.396 e. The van der Waals surface area contributed by atoms with E-state index in [9.17, 15) is 0 Å². The van der Waals surface area contributed by atoms with Crippen LogP contribution in [0.25, 0.3) is 0 Å². The lowest BCUT2D eigenvalue weighted by atomic mass is 10.1. The summed E-state index contributed by atoms with van der Waals surface area (Å²) >= 11 is 11.6. The van der Waals surface area contributed by atoms with Gasteiger partial charge in [-0.3, -0.25) is 0 Å². The number of halogens is 3. The molecule has 0 saturated heterocycles. The summed E-state index contributed by atoms with van der Waals surface area (Å²) in [4.78, 5) is 0. The van der Waals surface area contributed by atoms with Crippen LogP contribution in [-0.4, -0.2) is 11.7 Å². The first kappa shape index (κ1) is 14.0. The molecule has 0 bridgehead atoms. The van der Waals surface area contributed by atoms with Crippen LogP contribution in [0.5, 0.6) is 0 Å². The fourth-order valence-electron chi connectivity index (χ4n) is 1.09. The fourth-order valence-corrected chi connectivity index (χ4v) is 1.64. The van der Waals surface area contributed by atoms with Gasteiger partial charge in [-0.15, -0.1) is 12.4 Å². The average molecular weight is 257 g/mol. The Morgan fingerprint density at radius 1 is 1.21 bits per heavy atom. The van der Waals surface area contributed by atoms with Gasteiger partial charge in [0.15, 0.2) is 0 Å². The Morgan fingerprint density at radius 3 is 2.14 bits per heavy atom. The van der Waals surface area contributed by atoms with E-state index in [1.807, 2.05) is 0 Å². The second-order valence-corrected chi connectivity index (χ2v) is 3.69. The molecule has 0 fully saturated rings. The van der Waals surface area contributed by atoms with Crippen molar-refractivity contribution in [3.63, 3.8) is 0 Å². The normalized spacial score (nSPS) is 12.0. The van der Waals surface area contributed by atoms with Crippen molar-refractivity contribution in [2.45, 2.75) is 12.5 Å². The Kier molecular flexibility index (Phi) is 6.49. The molecule has 0 heterocycles. The highest BCUT2D eigenvalue weighted by Crippen LogP contribution is 2.23. The SMILES string of the molecule is Cl.N[C@@H](CCO)c1cc(Cl)cc(Cl)c1. The zero-order chi connectivity index (χ0) is 9.84. The van der Waals surface area contributed by atoms with E-state index in [0.717, 1.165) is 5.56 Å². The van der Waals surface area contributed by atoms with Crippen molar-refractivity contribution < 1.29 is 5.11 Å². The number of nitrogens with two attached hydrogens (primary N) is 1. The van der Waals surface area contributed by atoms with Crippen molar-refractivity contribution in [2.24, 2.45) is 5.73 Å². The van der Waals surface area contributed by atoms with E-state index < -0.39 is 0 Å². The molecule has 0 saturated carbocycles. The Morgan fingerprint density at radius 2 is 1.71 bits per heavy atom. The molecule has 0 spiro atoms. The smallest absolute Gasteiger partial charge is 0.0449 e. The maximum atomic E-state index is 8.69. The number of benzene rings is 1. The van der Waals surface area contributed by atoms with Crippen molar-refractivity contribution in [3.8, 4) is 0 Å². The Hall–Kier alpha value is 0.01000. The van der Waals surface area contributed by atoms with E-state index in [0.29, 0.717) is 16.5 Å². The summed E-state index contributed by atoms with van der Waals surface area (Å²) in [5.41, 5.74) is 6.62. The van der Waals surface area contributed by atoms with Crippen LogP contribution in [0.1, 0.15) is 18.0 Å². The summed E-state index contributed by atoms with van der Waals surface area (Å²) in [5.74, 6) is 0. The monoisotopic (exact) mass is 255 g/mol. The molecule has 0 aliphatic rings. The van der Waals surface area contributed by atoms with Gasteiger partial charge in [-0.05, 0) is 30.2 Å². The van der Waals surface area contributed by atoms with Gasteiger partial charge >= 0.3 is 0 Å². The van der Waals surface area contributed by atoms with Crippen molar-refractivity contribution in [3.05, 3.63) is 33.8 Å². The van der Waals surface area contributed by atoms with Gasteiger partial charge in [0.1, 0.15) is 0 Å². The van der Waals surface area contributed by atoms with E-state index in [1.54, 1.807) is 18.2 Å². The minimum atomic E-state index is -0.207. The first-order chi connectivity index (χ1) is 6.13. The predicted octanol–water partition coefficient (Wildman–Crippen LogP) is 2.80. The second kappa shape index (κ2) is 6.49. The van der Waals surface area contributed by atoms with Crippen molar-refractivity contribution >= 4 is 35.6 Å². The summed E-state index contributed by atoms with van der Waals surface area (Å²) in [6.45, 7) is 0.0608. The number of rotatable bonds is 3. The highest BCUT2D eigenvalue weighted by Gasteiger charge is 2.06. The Labute approximate surface area is 99.4 Å². The van der Waals surface area contributed by atoms with Gasteiger partial charge in [-0.25, -0.2) is 0 Å². The first-order valence-corrected chi connectivity index (χ1v) is 4.71. The molecule has 5 heteroatoms. The Balaban J connectivity index is 0.00000169. The molecule has 14 heavy (non-hydrogen) atoms. The number of aliphatic hydroxyl groups excluding tert-OH is 1. The lowest BCUT2D eigenvalue weighted by Gasteiger charge is -2.10. The van der Waals surface area contributed by atoms with Gasteiger partial charge in [0.25, 0.3) is 0 Å². The summed E-state index contributed by atoms with van der Waals surface area (Å²) in [5, 5.41) is 9.82. The largest absolute Gasteiger partial charge is 0.396 e. The lowest BCUT2D eigenvalue weighted by Crippen LogP contribution is -2.11. The van der Waals surface area contributed by atoms with E-state index in [2.05, 4.69) is 0 Å². The molecule has 80 valence electrons. The van der Waals surface area contributed by atoms with Crippen molar-refractivity contribution in [1.29, 1.82) is 0 Å². The highest BCUT2D eigenvalue weighted by atomic mass is 35.5. The first-order valence-electron chi connectivity index (χ1n) is 3.96. The van der Waals surface area contributed by atoms with Crippen molar-refractivity contribution in [1.82, 2.24) is 0 Å². The maximum absolute atomic E-state index is 8.69. The van der Waals surface area contributed by atoms with Crippen LogP contribution in [0, 0.1) is 0 Å². The third kappa shape index (κ3) is 4.03. The number of hydrogen-bond donors (Lipinski definition) is 2. The van der Waals surface area contributed by atoms with Crippen LogP contribution in [0.15, 0.2) is 18.2 Å². The van der Waals surface area contributed by atoms with E-state index in [4.69, 9.17) is 34.0 Å². The third-order valence-corrected chi connectivity index (χ3v) is 2.19. The predicted molar refractivity (Wildman–Crippen MR) is 62.3 cm³/mol. The Bertz CT molecular complexity index is 273. The summed E-state index contributed by atoms with van der Waals surface area (Å²) < 4.78 is 0. The highest BCUT2D eigenvalue weighted by molar-refractivity contribution is 6.34. The molecule has 1 rings (SSSR count). The maximum Gasteiger partial charge on any atom is 0.0449 e. The number of aliphatic hydroxyl groups is 1. The van der Waals surface area contributed by atoms with Crippen LogP contribution in [0.4, 0.5) is 0 Å². The van der Waals surface area contributed by atoms with Gasteiger partial charge in [-0.1, -0.05) is 23.2 Å². The summed E-state index contributed by atoms with van der Waals surface area (Å²) in [7, 11) is 0. The van der Waals surface area contributed by atoms with Gasteiger partial charge in [0.05, 0.1) is 0 Å². The number of hydrogen-bond acceptors (Lipinski definition) is 2. The quantitative estimate of drug-likeness (QED) is 0.873.